The van der Waals surface area contributed by atoms with Gasteiger partial charge in [-0.05, 0) is 29.9 Å². The highest BCUT2D eigenvalue weighted by atomic mass is 35.5. The molecule has 0 bridgehead atoms. The van der Waals surface area contributed by atoms with Crippen LogP contribution >= 0.6 is 11.6 Å². The number of hydrazone groups is 1. The molecule has 0 radical (unpaired) electrons. The minimum absolute atomic E-state index is 0.148. The van der Waals surface area contributed by atoms with Crippen LogP contribution in [0.25, 0.3) is 0 Å². The summed E-state index contributed by atoms with van der Waals surface area (Å²) >= 11 is 5.81. The molecular formula is C16H15ClF2N2O2. The molecule has 0 fully saturated rings. The number of amides is 1. The standard InChI is InChI=1S/C16H15ClF2N2O2/c1-11(8-12(17)4-3-7-22)10-20-21-16(23)14-6-2-5-13(18)9-15(14)19/h2-6,8,10,22H,1,7,9H2,(H,21,23)/b4-3-,12-8+,20-10+. The van der Waals surface area contributed by atoms with Crippen molar-refractivity contribution in [2.75, 3.05) is 6.61 Å². The van der Waals surface area contributed by atoms with E-state index in [1.165, 1.54) is 30.5 Å². The van der Waals surface area contributed by atoms with Crippen LogP contribution in [0.4, 0.5) is 8.78 Å². The first-order valence-corrected chi connectivity index (χ1v) is 6.90. The topological polar surface area (TPSA) is 61.7 Å². The number of rotatable bonds is 6. The van der Waals surface area contributed by atoms with Crippen LogP contribution in [0.2, 0.25) is 0 Å². The van der Waals surface area contributed by atoms with Gasteiger partial charge in [-0.2, -0.15) is 5.10 Å². The van der Waals surface area contributed by atoms with Crippen LogP contribution < -0.4 is 5.43 Å². The number of carbonyl (C=O) groups excluding carboxylic acids is 1. The van der Waals surface area contributed by atoms with Gasteiger partial charge in [-0.3, -0.25) is 4.79 Å². The number of carbonyl (C=O) groups is 1. The summed E-state index contributed by atoms with van der Waals surface area (Å²) in [6.45, 7) is 3.49. The summed E-state index contributed by atoms with van der Waals surface area (Å²) < 4.78 is 26.7. The van der Waals surface area contributed by atoms with Crippen LogP contribution in [0.15, 0.2) is 76.0 Å². The van der Waals surface area contributed by atoms with E-state index in [4.69, 9.17) is 16.7 Å². The molecule has 7 heteroatoms. The number of nitrogens with one attached hydrogen (secondary N) is 1. The number of allylic oxidation sites excluding steroid dienone is 8. The molecule has 0 aromatic carbocycles. The fraction of sp³-hybridized carbons (Fsp3) is 0.125. The largest absolute Gasteiger partial charge is 0.392 e. The molecule has 0 unspecified atom stereocenters. The van der Waals surface area contributed by atoms with Gasteiger partial charge in [0.05, 0.1) is 24.8 Å². The molecule has 0 saturated carbocycles. The minimum atomic E-state index is -0.879. The Hall–Kier alpha value is -2.31. The number of hydrogen-bond donors (Lipinski definition) is 2. The Labute approximate surface area is 137 Å². The van der Waals surface area contributed by atoms with Crippen molar-refractivity contribution < 1.29 is 18.7 Å². The van der Waals surface area contributed by atoms with E-state index in [1.807, 2.05) is 0 Å². The average molecular weight is 341 g/mol. The summed E-state index contributed by atoms with van der Waals surface area (Å²) in [4.78, 5) is 11.8. The molecule has 1 aliphatic rings. The van der Waals surface area contributed by atoms with Crippen molar-refractivity contribution in [3.05, 3.63) is 70.9 Å². The second kappa shape index (κ2) is 9.66. The molecule has 1 aliphatic carbocycles. The molecule has 0 atom stereocenters. The van der Waals surface area contributed by atoms with E-state index in [2.05, 4.69) is 17.1 Å². The van der Waals surface area contributed by atoms with Crippen LogP contribution in [-0.2, 0) is 4.79 Å². The van der Waals surface area contributed by atoms with E-state index in [0.717, 1.165) is 12.2 Å². The van der Waals surface area contributed by atoms with Crippen molar-refractivity contribution in [3.8, 4) is 0 Å². The summed E-state index contributed by atoms with van der Waals surface area (Å²) in [6.07, 6.45) is 8.49. The fourth-order valence-electron chi connectivity index (χ4n) is 1.50. The Kier molecular flexibility index (Phi) is 7.87. The van der Waals surface area contributed by atoms with Crippen molar-refractivity contribution in [2.45, 2.75) is 6.42 Å². The summed E-state index contributed by atoms with van der Waals surface area (Å²) in [6, 6.07) is 0. The van der Waals surface area contributed by atoms with Gasteiger partial charge in [0.25, 0.3) is 5.91 Å². The molecule has 1 rings (SSSR count). The van der Waals surface area contributed by atoms with E-state index >= 15 is 0 Å². The lowest BCUT2D eigenvalue weighted by Gasteiger charge is -2.02. The Morgan fingerprint density at radius 1 is 1.52 bits per heavy atom. The van der Waals surface area contributed by atoms with Gasteiger partial charge in [-0.15, -0.1) is 0 Å². The molecule has 23 heavy (non-hydrogen) atoms. The van der Waals surface area contributed by atoms with E-state index in [0.29, 0.717) is 10.6 Å². The maximum absolute atomic E-state index is 13.6. The van der Waals surface area contributed by atoms with Gasteiger partial charge >= 0.3 is 0 Å². The van der Waals surface area contributed by atoms with E-state index in [9.17, 15) is 13.6 Å². The molecule has 0 aromatic rings. The Bertz CT molecular complexity index is 659. The maximum atomic E-state index is 13.6. The Morgan fingerprint density at radius 2 is 2.26 bits per heavy atom. The fourth-order valence-corrected chi connectivity index (χ4v) is 1.73. The zero-order valence-electron chi connectivity index (χ0n) is 12.1. The molecular weight excluding hydrogens is 326 g/mol. The molecule has 0 saturated heterocycles. The third kappa shape index (κ3) is 6.99. The normalized spacial score (nSPS) is 16.0. The molecule has 2 N–H and O–H groups in total. The highest BCUT2D eigenvalue weighted by Gasteiger charge is 2.15. The van der Waals surface area contributed by atoms with Crippen molar-refractivity contribution in [3.63, 3.8) is 0 Å². The van der Waals surface area contributed by atoms with E-state index in [-0.39, 0.29) is 12.2 Å². The highest BCUT2D eigenvalue weighted by Crippen LogP contribution is 2.21. The van der Waals surface area contributed by atoms with Gasteiger partial charge in [0.2, 0.25) is 0 Å². The first kappa shape index (κ1) is 18.7. The van der Waals surface area contributed by atoms with Gasteiger partial charge in [0.15, 0.2) is 0 Å². The van der Waals surface area contributed by atoms with Crippen molar-refractivity contribution in [1.82, 2.24) is 5.43 Å². The van der Waals surface area contributed by atoms with E-state index in [1.54, 1.807) is 0 Å². The SMILES string of the molecule is C=C(/C=N/NC(=O)C1=C(F)CC(F)=CC=C1)/C=C(Cl)\C=C/CO. The van der Waals surface area contributed by atoms with Crippen LogP contribution in [-0.4, -0.2) is 23.8 Å². The number of halogens is 3. The van der Waals surface area contributed by atoms with Crippen LogP contribution in [0.3, 0.4) is 0 Å². The molecule has 1 amide bonds. The lowest BCUT2D eigenvalue weighted by atomic mass is 10.2. The second-order valence-electron chi connectivity index (χ2n) is 4.36. The average Bonchev–Trinajstić information content (AvgIpc) is 2.65. The highest BCUT2D eigenvalue weighted by molar-refractivity contribution is 6.31. The Morgan fingerprint density at radius 3 is 2.96 bits per heavy atom. The first-order valence-electron chi connectivity index (χ1n) is 6.52. The van der Waals surface area contributed by atoms with Gasteiger partial charge in [-0.25, -0.2) is 14.2 Å². The van der Waals surface area contributed by atoms with Crippen molar-refractivity contribution in [1.29, 1.82) is 0 Å². The Balaban J connectivity index is 2.64. The predicted octanol–water partition coefficient (Wildman–Crippen LogP) is 3.35. The third-order valence-electron chi connectivity index (χ3n) is 2.50. The van der Waals surface area contributed by atoms with Crippen LogP contribution in [0.5, 0.6) is 0 Å². The first-order chi connectivity index (χ1) is 10.9. The summed E-state index contributed by atoms with van der Waals surface area (Å²) in [5, 5.41) is 12.5. The predicted molar refractivity (Wildman–Crippen MR) is 87.0 cm³/mol. The lowest BCUT2D eigenvalue weighted by molar-refractivity contribution is -0.117. The molecule has 0 heterocycles. The summed E-state index contributed by atoms with van der Waals surface area (Å²) in [5.74, 6) is -2.36. The second-order valence-corrected chi connectivity index (χ2v) is 4.79. The zero-order valence-corrected chi connectivity index (χ0v) is 12.9. The molecule has 0 aromatic heterocycles. The van der Waals surface area contributed by atoms with Gasteiger partial charge in [-0.1, -0.05) is 30.3 Å². The van der Waals surface area contributed by atoms with Gasteiger partial charge < -0.3 is 5.11 Å². The van der Waals surface area contributed by atoms with Gasteiger partial charge in [0, 0.05) is 5.03 Å². The minimum Gasteiger partial charge on any atom is -0.392 e. The monoisotopic (exact) mass is 340 g/mol. The van der Waals surface area contributed by atoms with Crippen LogP contribution in [0.1, 0.15) is 6.42 Å². The van der Waals surface area contributed by atoms with Crippen molar-refractivity contribution >= 4 is 23.7 Å². The molecule has 4 nitrogen and oxygen atoms in total. The lowest BCUT2D eigenvalue weighted by Crippen LogP contribution is -2.19. The number of nitrogens with zero attached hydrogens (tertiary/aromatic N) is 1. The zero-order chi connectivity index (χ0) is 17.2. The quantitative estimate of drug-likeness (QED) is 0.442. The van der Waals surface area contributed by atoms with E-state index < -0.39 is 24.0 Å². The van der Waals surface area contributed by atoms with Gasteiger partial charge in [0.1, 0.15) is 11.7 Å². The summed E-state index contributed by atoms with van der Waals surface area (Å²) in [7, 11) is 0. The number of aliphatic hydroxyl groups is 1. The number of aliphatic hydroxyl groups excluding tert-OH is 1. The third-order valence-corrected chi connectivity index (χ3v) is 2.74. The molecule has 122 valence electrons. The number of hydrogen-bond acceptors (Lipinski definition) is 3. The molecule has 0 spiro atoms. The molecule has 0 aliphatic heterocycles. The maximum Gasteiger partial charge on any atom is 0.274 e. The smallest absolute Gasteiger partial charge is 0.274 e. The van der Waals surface area contributed by atoms with Crippen molar-refractivity contribution in [2.24, 2.45) is 5.10 Å². The summed E-state index contributed by atoms with van der Waals surface area (Å²) in [5.41, 5.74) is 2.19. The van der Waals surface area contributed by atoms with Crippen LogP contribution in [0, 0.1) is 0 Å².